The molecule has 2 N–H and O–H groups in total. The summed E-state index contributed by atoms with van der Waals surface area (Å²) in [5.74, 6) is 5.31. The number of amides is 1. The molecule has 0 spiro atoms. The summed E-state index contributed by atoms with van der Waals surface area (Å²) in [7, 11) is 0. The van der Waals surface area contributed by atoms with Gasteiger partial charge in [-0.05, 0) is 17.7 Å². The van der Waals surface area contributed by atoms with Crippen molar-refractivity contribution in [1.82, 2.24) is 0 Å². The van der Waals surface area contributed by atoms with Crippen molar-refractivity contribution in [3.63, 3.8) is 0 Å². The Morgan fingerprint density at radius 2 is 1.75 bits per heavy atom. The van der Waals surface area contributed by atoms with Crippen molar-refractivity contribution in [2.24, 2.45) is 0 Å². The molecule has 1 amide bonds. The van der Waals surface area contributed by atoms with Crippen LogP contribution < -0.4 is 5.32 Å². The fourth-order valence-electron chi connectivity index (χ4n) is 1.81. The summed E-state index contributed by atoms with van der Waals surface area (Å²) in [5, 5.41) is 11.6. The fraction of sp³-hybridized carbons (Fsp3) is 0.118. The van der Waals surface area contributed by atoms with Gasteiger partial charge in [-0.25, -0.2) is 0 Å². The molecular weight excluding hydrogens is 250 g/mol. The average molecular weight is 265 g/mol. The molecule has 0 aromatic heterocycles. The second-order valence-corrected chi connectivity index (χ2v) is 4.22. The summed E-state index contributed by atoms with van der Waals surface area (Å²) in [4.78, 5) is 12.0. The zero-order chi connectivity index (χ0) is 14.2. The molecule has 0 aliphatic heterocycles. The number of carbonyl (C=O) groups excluding carboxylic acids is 1. The SMILES string of the molecule is O=C(Cc1ccccc1)Nc1ccccc1C#CCO. The van der Waals surface area contributed by atoms with E-state index in [4.69, 9.17) is 5.11 Å². The third-order valence-electron chi connectivity index (χ3n) is 2.71. The van der Waals surface area contributed by atoms with Gasteiger partial charge in [-0.1, -0.05) is 54.3 Å². The van der Waals surface area contributed by atoms with Crippen LogP contribution in [0.15, 0.2) is 54.6 Å². The summed E-state index contributed by atoms with van der Waals surface area (Å²) in [6.45, 7) is -0.202. The Bertz CT molecular complexity index is 639. The van der Waals surface area contributed by atoms with Gasteiger partial charge in [0.1, 0.15) is 6.61 Å². The number of anilines is 1. The Morgan fingerprint density at radius 3 is 2.50 bits per heavy atom. The van der Waals surface area contributed by atoms with E-state index in [2.05, 4.69) is 17.2 Å². The summed E-state index contributed by atoms with van der Waals surface area (Å²) in [6.07, 6.45) is 0.322. The third-order valence-corrected chi connectivity index (χ3v) is 2.71. The molecular formula is C17H15NO2. The van der Waals surface area contributed by atoms with Gasteiger partial charge in [0.25, 0.3) is 0 Å². The molecule has 2 aromatic rings. The minimum Gasteiger partial charge on any atom is -0.384 e. The van der Waals surface area contributed by atoms with Gasteiger partial charge in [0.2, 0.25) is 5.91 Å². The quantitative estimate of drug-likeness (QED) is 0.836. The van der Waals surface area contributed by atoms with Crippen molar-refractivity contribution in [1.29, 1.82) is 0 Å². The highest BCUT2D eigenvalue weighted by Crippen LogP contribution is 2.14. The van der Waals surface area contributed by atoms with Crippen LogP contribution in [0.1, 0.15) is 11.1 Å². The first-order valence-electron chi connectivity index (χ1n) is 6.32. The molecule has 0 bridgehead atoms. The number of nitrogens with one attached hydrogen (secondary N) is 1. The Labute approximate surface area is 118 Å². The molecule has 0 radical (unpaired) electrons. The van der Waals surface area contributed by atoms with Gasteiger partial charge in [0.05, 0.1) is 12.1 Å². The van der Waals surface area contributed by atoms with Gasteiger partial charge in [0.15, 0.2) is 0 Å². The minimum atomic E-state index is -0.202. The van der Waals surface area contributed by atoms with Crippen molar-refractivity contribution in [2.45, 2.75) is 6.42 Å². The summed E-state index contributed by atoms with van der Waals surface area (Å²) in [6, 6.07) is 16.8. The molecule has 0 aliphatic carbocycles. The zero-order valence-corrected chi connectivity index (χ0v) is 11.0. The zero-order valence-electron chi connectivity index (χ0n) is 11.0. The van der Waals surface area contributed by atoms with E-state index in [1.165, 1.54) is 0 Å². The van der Waals surface area contributed by atoms with Gasteiger partial charge in [-0.2, -0.15) is 0 Å². The van der Waals surface area contributed by atoms with Crippen LogP contribution in [0.5, 0.6) is 0 Å². The van der Waals surface area contributed by atoms with Crippen LogP contribution in [0.4, 0.5) is 5.69 Å². The molecule has 0 atom stereocenters. The van der Waals surface area contributed by atoms with Crippen LogP contribution in [0.3, 0.4) is 0 Å². The van der Waals surface area contributed by atoms with E-state index in [0.29, 0.717) is 17.7 Å². The molecule has 100 valence electrons. The van der Waals surface area contributed by atoms with E-state index >= 15 is 0 Å². The van der Waals surface area contributed by atoms with Gasteiger partial charge in [-0.3, -0.25) is 4.79 Å². The minimum absolute atomic E-state index is 0.0885. The van der Waals surface area contributed by atoms with Crippen LogP contribution in [0, 0.1) is 11.8 Å². The first-order chi connectivity index (χ1) is 9.79. The molecule has 0 heterocycles. The lowest BCUT2D eigenvalue weighted by Gasteiger charge is -2.07. The Kier molecular flexibility index (Phi) is 4.94. The number of hydrogen-bond acceptors (Lipinski definition) is 2. The van der Waals surface area contributed by atoms with E-state index in [1.807, 2.05) is 42.5 Å². The van der Waals surface area contributed by atoms with Gasteiger partial charge in [-0.15, -0.1) is 0 Å². The summed E-state index contributed by atoms with van der Waals surface area (Å²) < 4.78 is 0. The van der Waals surface area contributed by atoms with Gasteiger partial charge >= 0.3 is 0 Å². The molecule has 0 saturated heterocycles. The van der Waals surface area contributed by atoms with E-state index in [-0.39, 0.29) is 12.5 Å². The number of aliphatic hydroxyl groups is 1. The van der Waals surface area contributed by atoms with Crippen LogP contribution in [0.25, 0.3) is 0 Å². The Hall–Kier alpha value is -2.57. The molecule has 0 fully saturated rings. The number of para-hydroxylation sites is 1. The third kappa shape index (κ3) is 3.98. The molecule has 0 saturated carbocycles. The number of hydrogen-bond donors (Lipinski definition) is 2. The maximum Gasteiger partial charge on any atom is 0.228 e. The normalized spacial score (nSPS) is 9.45. The first-order valence-corrected chi connectivity index (χ1v) is 6.32. The highest BCUT2D eigenvalue weighted by molar-refractivity contribution is 5.93. The molecule has 2 aromatic carbocycles. The maximum atomic E-state index is 12.0. The van der Waals surface area contributed by atoms with Gasteiger partial charge in [0, 0.05) is 5.56 Å². The van der Waals surface area contributed by atoms with Gasteiger partial charge < -0.3 is 10.4 Å². The van der Waals surface area contributed by atoms with Crippen molar-refractivity contribution >= 4 is 11.6 Å². The van der Waals surface area contributed by atoms with Crippen molar-refractivity contribution in [3.8, 4) is 11.8 Å². The highest BCUT2D eigenvalue weighted by Gasteiger charge is 2.06. The number of rotatable bonds is 3. The summed E-state index contributed by atoms with van der Waals surface area (Å²) in [5.41, 5.74) is 2.32. The number of benzene rings is 2. The van der Waals surface area contributed by atoms with E-state index in [0.717, 1.165) is 5.56 Å². The molecule has 20 heavy (non-hydrogen) atoms. The second kappa shape index (κ2) is 7.13. The van der Waals surface area contributed by atoms with E-state index < -0.39 is 0 Å². The van der Waals surface area contributed by atoms with E-state index in [9.17, 15) is 4.79 Å². The lowest BCUT2D eigenvalue weighted by Crippen LogP contribution is -2.15. The number of aliphatic hydroxyl groups excluding tert-OH is 1. The predicted octanol–water partition coefficient (Wildman–Crippen LogP) is 2.21. The van der Waals surface area contributed by atoms with Crippen LogP contribution in [-0.2, 0) is 11.2 Å². The molecule has 2 rings (SSSR count). The molecule has 0 unspecified atom stereocenters. The van der Waals surface area contributed by atoms with Crippen LogP contribution in [-0.4, -0.2) is 17.6 Å². The van der Waals surface area contributed by atoms with Crippen LogP contribution >= 0.6 is 0 Å². The Morgan fingerprint density at radius 1 is 1.05 bits per heavy atom. The summed E-state index contributed by atoms with van der Waals surface area (Å²) >= 11 is 0. The monoisotopic (exact) mass is 265 g/mol. The predicted molar refractivity (Wildman–Crippen MR) is 79.2 cm³/mol. The van der Waals surface area contributed by atoms with Crippen LogP contribution in [0.2, 0.25) is 0 Å². The number of carbonyl (C=O) groups is 1. The molecule has 3 heteroatoms. The van der Waals surface area contributed by atoms with Crippen molar-refractivity contribution in [3.05, 3.63) is 65.7 Å². The lowest BCUT2D eigenvalue weighted by molar-refractivity contribution is -0.115. The Balaban J connectivity index is 2.08. The van der Waals surface area contributed by atoms with E-state index in [1.54, 1.807) is 12.1 Å². The fourth-order valence-corrected chi connectivity index (χ4v) is 1.81. The maximum absolute atomic E-state index is 12.0. The average Bonchev–Trinajstić information content (AvgIpc) is 2.47. The standard InChI is InChI=1S/C17H15NO2/c19-12-6-10-15-9-4-5-11-16(15)18-17(20)13-14-7-2-1-3-8-14/h1-5,7-9,11,19H,12-13H2,(H,18,20). The highest BCUT2D eigenvalue weighted by atomic mass is 16.2. The lowest BCUT2D eigenvalue weighted by atomic mass is 10.1. The molecule has 0 aliphatic rings. The van der Waals surface area contributed by atoms with Crippen molar-refractivity contribution < 1.29 is 9.90 Å². The molecule has 3 nitrogen and oxygen atoms in total. The topological polar surface area (TPSA) is 49.3 Å². The second-order valence-electron chi connectivity index (χ2n) is 4.22. The largest absolute Gasteiger partial charge is 0.384 e. The first kappa shape index (κ1) is 13.9. The smallest absolute Gasteiger partial charge is 0.228 e. The van der Waals surface area contributed by atoms with Crippen molar-refractivity contribution in [2.75, 3.05) is 11.9 Å².